The highest BCUT2D eigenvalue weighted by molar-refractivity contribution is 7.99. The van der Waals surface area contributed by atoms with Crippen LogP contribution in [0.2, 0.25) is 0 Å². The van der Waals surface area contributed by atoms with Crippen molar-refractivity contribution in [2.24, 2.45) is 5.73 Å². The number of anilines is 1. The highest BCUT2D eigenvalue weighted by Crippen LogP contribution is 2.30. The molecule has 4 N–H and O–H groups in total. The summed E-state index contributed by atoms with van der Waals surface area (Å²) in [5.41, 5.74) is 8.83. The normalized spacial score (nSPS) is 16.9. The van der Waals surface area contributed by atoms with Gasteiger partial charge in [0.25, 0.3) is 5.22 Å². The van der Waals surface area contributed by atoms with Gasteiger partial charge in [-0.15, -0.1) is 10.2 Å². The van der Waals surface area contributed by atoms with Crippen molar-refractivity contribution < 1.29 is 27.1 Å². The van der Waals surface area contributed by atoms with Gasteiger partial charge >= 0.3 is 0 Å². The summed E-state index contributed by atoms with van der Waals surface area (Å²) in [4.78, 5) is 21.5. The van der Waals surface area contributed by atoms with Crippen molar-refractivity contribution >= 4 is 23.4 Å². The maximum Gasteiger partial charge on any atom is 0.276 e. The lowest BCUT2D eigenvalue weighted by atomic mass is 9.85. The number of ether oxygens (including phenoxy) is 1. The van der Waals surface area contributed by atoms with E-state index in [2.05, 4.69) is 30.8 Å². The van der Waals surface area contributed by atoms with Gasteiger partial charge in [-0.25, -0.2) is 13.2 Å². The Morgan fingerprint density at radius 1 is 0.917 bits per heavy atom. The summed E-state index contributed by atoms with van der Waals surface area (Å²) < 4.78 is 54.6. The third kappa shape index (κ3) is 8.26. The molecule has 0 aliphatic carbocycles. The summed E-state index contributed by atoms with van der Waals surface area (Å²) in [6.07, 6.45) is 6.11. The van der Waals surface area contributed by atoms with E-state index < -0.39 is 35.3 Å². The number of carbonyl (C=O) groups is 1. The highest BCUT2D eigenvalue weighted by atomic mass is 32.2. The summed E-state index contributed by atoms with van der Waals surface area (Å²) in [5.74, 6) is -1.85. The van der Waals surface area contributed by atoms with Crippen molar-refractivity contribution in [3.05, 3.63) is 120 Å². The third-order valence-electron chi connectivity index (χ3n) is 7.95. The number of rotatable bonds is 12. The van der Waals surface area contributed by atoms with E-state index in [1.54, 1.807) is 24.5 Å². The molecular formula is C34H32F3N7O3S. The molecule has 3 atom stereocenters. The molecule has 3 aromatic heterocycles. The van der Waals surface area contributed by atoms with E-state index in [0.717, 1.165) is 11.8 Å². The maximum atomic E-state index is 15.1. The van der Waals surface area contributed by atoms with Crippen LogP contribution in [0, 0.1) is 17.5 Å². The number of hydrogen-bond acceptors (Lipinski definition) is 10. The number of aromatic nitrogens is 4. The number of pyridine rings is 2. The number of nitrogens with one attached hydrogen (secondary N) is 2. The molecule has 6 rings (SSSR count). The number of thioether (sulfide) groups is 1. The third-order valence-corrected chi connectivity index (χ3v) is 8.90. The van der Waals surface area contributed by atoms with Crippen molar-refractivity contribution in [3.8, 4) is 11.5 Å². The fourth-order valence-electron chi connectivity index (χ4n) is 5.53. The van der Waals surface area contributed by atoms with Gasteiger partial charge in [0.1, 0.15) is 17.5 Å². The molecule has 5 aromatic rings. The summed E-state index contributed by atoms with van der Waals surface area (Å²) in [7, 11) is 0. The van der Waals surface area contributed by atoms with Gasteiger partial charge in [0.05, 0.1) is 36.3 Å². The standard InChI is InChI=1S/C34H32F3N7O3S/c35-23-5-1-20(2-6-23)30(21-3-7-24(36)8-4-21)31(38)32(45)42-29-18-41-17-28(37)27(29)10-9-25-15-40-16-26(46-25)19-48-34-44-43-33(47-34)22-11-13-39-14-12-22/h1-8,11-14,17-18,25-26,30-31,40H,9-10,15-16,19,38H2,(H,42,45). The molecule has 248 valence electrons. The quantitative estimate of drug-likeness (QED) is 0.153. The summed E-state index contributed by atoms with van der Waals surface area (Å²) in [6.45, 7) is 1.20. The second-order valence-electron chi connectivity index (χ2n) is 11.2. The maximum absolute atomic E-state index is 15.1. The van der Waals surface area contributed by atoms with Crippen LogP contribution < -0.4 is 16.4 Å². The van der Waals surface area contributed by atoms with Gasteiger partial charge in [-0.1, -0.05) is 36.0 Å². The van der Waals surface area contributed by atoms with Gasteiger partial charge in [0, 0.05) is 48.3 Å². The molecule has 1 aliphatic heterocycles. The lowest BCUT2D eigenvalue weighted by Gasteiger charge is -2.30. The molecular weight excluding hydrogens is 643 g/mol. The van der Waals surface area contributed by atoms with E-state index in [1.807, 2.05) is 0 Å². The smallest absolute Gasteiger partial charge is 0.276 e. The Labute approximate surface area is 278 Å². The predicted octanol–water partition coefficient (Wildman–Crippen LogP) is 5.12. The minimum atomic E-state index is -1.18. The van der Waals surface area contributed by atoms with Gasteiger partial charge in [-0.05, 0) is 60.4 Å². The molecule has 1 fully saturated rings. The number of morpholine rings is 1. The van der Waals surface area contributed by atoms with Crippen LogP contribution in [0.4, 0.5) is 18.9 Å². The Balaban J connectivity index is 1.08. The van der Waals surface area contributed by atoms with E-state index in [-0.39, 0.29) is 29.9 Å². The summed E-state index contributed by atoms with van der Waals surface area (Å²) >= 11 is 1.39. The van der Waals surface area contributed by atoms with Crippen molar-refractivity contribution in [2.45, 2.75) is 42.2 Å². The van der Waals surface area contributed by atoms with Crippen LogP contribution in [-0.4, -0.2) is 63.2 Å². The molecule has 0 spiro atoms. The Kier molecular flexibility index (Phi) is 10.8. The Hall–Kier alpha value is -4.63. The van der Waals surface area contributed by atoms with E-state index >= 15 is 4.39 Å². The minimum Gasteiger partial charge on any atom is -0.411 e. The Bertz CT molecular complexity index is 1770. The lowest BCUT2D eigenvalue weighted by Crippen LogP contribution is -2.46. The van der Waals surface area contributed by atoms with Gasteiger partial charge in [-0.2, -0.15) is 0 Å². The number of hydrogen-bond donors (Lipinski definition) is 3. The molecule has 10 nitrogen and oxygen atoms in total. The minimum absolute atomic E-state index is 0.153. The zero-order chi connectivity index (χ0) is 33.5. The monoisotopic (exact) mass is 675 g/mol. The van der Waals surface area contributed by atoms with Crippen LogP contribution >= 0.6 is 11.8 Å². The van der Waals surface area contributed by atoms with E-state index in [9.17, 15) is 13.6 Å². The first-order valence-electron chi connectivity index (χ1n) is 15.3. The summed E-state index contributed by atoms with van der Waals surface area (Å²) in [5, 5.41) is 14.7. The number of amides is 1. The zero-order valence-corrected chi connectivity index (χ0v) is 26.4. The lowest BCUT2D eigenvalue weighted by molar-refractivity contribution is -0.117. The van der Waals surface area contributed by atoms with Crippen molar-refractivity contribution in [1.29, 1.82) is 0 Å². The van der Waals surface area contributed by atoms with Crippen LogP contribution in [0.5, 0.6) is 0 Å². The number of halogens is 3. The number of carbonyl (C=O) groups excluding carboxylic acids is 1. The Morgan fingerprint density at radius 3 is 2.27 bits per heavy atom. The molecule has 48 heavy (non-hydrogen) atoms. The topological polar surface area (TPSA) is 141 Å². The number of nitrogens with two attached hydrogens (primary N) is 1. The molecule has 2 aromatic carbocycles. The number of benzene rings is 2. The first-order valence-corrected chi connectivity index (χ1v) is 16.2. The van der Waals surface area contributed by atoms with Crippen molar-refractivity contribution in [2.75, 3.05) is 24.2 Å². The fourth-order valence-corrected chi connectivity index (χ4v) is 6.29. The molecule has 1 amide bonds. The molecule has 3 unspecified atom stereocenters. The molecule has 1 aliphatic rings. The van der Waals surface area contributed by atoms with Crippen LogP contribution in [0.3, 0.4) is 0 Å². The van der Waals surface area contributed by atoms with Crippen LogP contribution in [0.15, 0.2) is 95.1 Å². The van der Waals surface area contributed by atoms with Gasteiger partial charge in [0.15, 0.2) is 0 Å². The molecule has 14 heteroatoms. The average Bonchev–Trinajstić information content (AvgIpc) is 3.59. The van der Waals surface area contributed by atoms with Gasteiger partial charge < -0.3 is 25.5 Å². The molecule has 4 heterocycles. The van der Waals surface area contributed by atoms with E-state index in [0.29, 0.717) is 47.5 Å². The van der Waals surface area contributed by atoms with Crippen molar-refractivity contribution in [1.82, 2.24) is 25.5 Å². The largest absolute Gasteiger partial charge is 0.411 e. The zero-order valence-electron chi connectivity index (χ0n) is 25.6. The molecule has 0 radical (unpaired) electrons. The van der Waals surface area contributed by atoms with E-state index in [1.165, 1.54) is 66.5 Å². The molecule has 1 saturated heterocycles. The van der Waals surface area contributed by atoms with Crippen LogP contribution in [0.1, 0.15) is 29.0 Å². The van der Waals surface area contributed by atoms with Gasteiger partial charge in [-0.3, -0.25) is 14.8 Å². The summed E-state index contributed by atoms with van der Waals surface area (Å²) in [6, 6.07) is 13.6. The molecule has 0 bridgehead atoms. The predicted molar refractivity (Wildman–Crippen MR) is 174 cm³/mol. The average molecular weight is 676 g/mol. The first-order chi connectivity index (χ1) is 23.3. The number of nitrogens with zero attached hydrogens (tertiary/aromatic N) is 4. The van der Waals surface area contributed by atoms with Crippen LogP contribution in [-0.2, 0) is 16.0 Å². The highest BCUT2D eigenvalue weighted by Gasteiger charge is 2.29. The SMILES string of the molecule is NC(C(=O)Nc1cncc(F)c1CCC1CNCC(CSc2nnc(-c3ccncc3)o2)O1)C(c1ccc(F)cc1)c1ccc(F)cc1. The second-order valence-corrected chi connectivity index (χ2v) is 12.2. The second kappa shape index (κ2) is 15.5. The Morgan fingerprint density at radius 2 is 1.58 bits per heavy atom. The first kappa shape index (κ1) is 33.3. The fraction of sp³-hybridized carbons (Fsp3) is 0.265. The molecule has 0 saturated carbocycles. The van der Waals surface area contributed by atoms with Gasteiger partial charge in [0.2, 0.25) is 11.8 Å². The van der Waals surface area contributed by atoms with Crippen molar-refractivity contribution in [3.63, 3.8) is 0 Å². The van der Waals surface area contributed by atoms with Crippen LogP contribution in [0.25, 0.3) is 11.5 Å². The van der Waals surface area contributed by atoms with E-state index in [4.69, 9.17) is 14.9 Å².